The molecule has 0 saturated carbocycles. The van der Waals surface area contributed by atoms with E-state index in [2.05, 4.69) is 20.3 Å². The van der Waals surface area contributed by atoms with Gasteiger partial charge in [0, 0.05) is 18.9 Å². The molecule has 2 heterocycles. The molecule has 2 aromatic heterocycles. The number of carbonyl (C=O) groups excluding carboxylic acids is 1. The van der Waals surface area contributed by atoms with E-state index in [1.54, 1.807) is 12.5 Å². The van der Waals surface area contributed by atoms with E-state index in [1.807, 2.05) is 41.1 Å². The fourth-order valence-corrected chi connectivity index (χ4v) is 2.56. The SMILES string of the molecule is O=C(N[C@H](CCn1ccnc1)c1ccccc1)c1nc[nH]c1C(=O)O. The smallest absolute Gasteiger partial charge is 0.354 e. The number of hydrogen-bond acceptors (Lipinski definition) is 4. The summed E-state index contributed by atoms with van der Waals surface area (Å²) < 4.78 is 1.92. The Labute approximate surface area is 143 Å². The van der Waals surface area contributed by atoms with E-state index < -0.39 is 11.9 Å². The monoisotopic (exact) mass is 339 g/mol. The van der Waals surface area contributed by atoms with Crippen molar-refractivity contribution in [3.63, 3.8) is 0 Å². The Morgan fingerprint density at radius 3 is 2.76 bits per heavy atom. The minimum absolute atomic E-state index is 0.129. The lowest BCUT2D eigenvalue weighted by Crippen LogP contribution is -2.30. The Morgan fingerprint density at radius 1 is 1.28 bits per heavy atom. The van der Waals surface area contributed by atoms with Crippen LogP contribution < -0.4 is 5.32 Å². The van der Waals surface area contributed by atoms with Crippen molar-refractivity contribution in [3.05, 3.63) is 72.3 Å². The van der Waals surface area contributed by atoms with Crippen LogP contribution in [0.25, 0.3) is 0 Å². The molecular weight excluding hydrogens is 322 g/mol. The van der Waals surface area contributed by atoms with Gasteiger partial charge in [0.1, 0.15) is 0 Å². The van der Waals surface area contributed by atoms with Crippen LogP contribution in [0.5, 0.6) is 0 Å². The summed E-state index contributed by atoms with van der Waals surface area (Å²) in [5, 5.41) is 12.0. The van der Waals surface area contributed by atoms with E-state index in [1.165, 1.54) is 6.33 Å². The maximum atomic E-state index is 12.5. The molecule has 1 atom stereocenters. The molecule has 128 valence electrons. The fourth-order valence-electron chi connectivity index (χ4n) is 2.56. The molecule has 3 aromatic rings. The Balaban J connectivity index is 1.78. The number of carboxylic acids is 1. The second-order valence-corrected chi connectivity index (χ2v) is 5.46. The summed E-state index contributed by atoms with van der Waals surface area (Å²) in [7, 11) is 0. The van der Waals surface area contributed by atoms with Crippen LogP contribution in [0.2, 0.25) is 0 Å². The van der Waals surface area contributed by atoms with E-state index in [0.29, 0.717) is 13.0 Å². The lowest BCUT2D eigenvalue weighted by Gasteiger charge is -2.19. The number of imidazole rings is 2. The second kappa shape index (κ2) is 7.43. The van der Waals surface area contributed by atoms with Gasteiger partial charge in [0.15, 0.2) is 11.4 Å². The van der Waals surface area contributed by atoms with E-state index >= 15 is 0 Å². The molecule has 0 fully saturated rings. The standard InChI is InChI=1S/C17H17N5O3/c23-16(14-15(17(24)25)20-10-19-14)21-13(12-4-2-1-3-5-12)6-8-22-9-7-18-11-22/h1-5,7,9-11,13H,6,8H2,(H,19,20)(H,21,23)(H,24,25)/t13-/m1/s1. The van der Waals surface area contributed by atoms with Gasteiger partial charge >= 0.3 is 5.97 Å². The van der Waals surface area contributed by atoms with Crippen LogP contribution in [0.15, 0.2) is 55.4 Å². The molecule has 0 saturated heterocycles. The predicted octanol–water partition coefficient (Wildman–Crippen LogP) is 1.87. The maximum absolute atomic E-state index is 12.5. The number of nitrogens with one attached hydrogen (secondary N) is 2. The summed E-state index contributed by atoms with van der Waals surface area (Å²) in [6, 6.07) is 9.23. The van der Waals surface area contributed by atoms with Gasteiger partial charge in [-0.15, -0.1) is 0 Å². The van der Waals surface area contributed by atoms with Gasteiger partial charge in [-0.25, -0.2) is 14.8 Å². The normalized spacial score (nSPS) is 11.8. The fraction of sp³-hybridized carbons (Fsp3) is 0.176. The van der Waals surface area contributed by atoms with E-state index in [9.17, 15) is 9.59 Å². The summed E-state index contributed by atoms with van der Waals surface area (Å²) in [6.07, 6.45) is 7.07. The molecule has 0 radical (unpaired) electrons. The highest BCUT2D eigenvalue weighted by molar-refractivity contribution is 6.02. The van der Waals surface area contributed by atoms with E-state index in [-0.39, 0.29) is 17.4 Å². The number of carbonyl (C=O) groups is 2. The summed E-state index contributed by atoms with van der Waals surface area (Å²) in [5.74, 6) is -1.75. The first kappa shape index (κ1) is 16.4. The summed E-state index contributed by atoms with van der Waals surface area (Å²) in [6.45, 7) is 0.659. The zero-order valence-corrected chi connectivity index (χ0v) is 13.3. The Hall–Kier alpha value is -3.42. The van der Waals surface area contributed by atoms with Crippen molar-refractivity contribution in [3.8, 4) is 0 Å². The number of carboxylic acid groups (broad SMARTS) is 1. The molecule has 0 bridgehead atoms. The number of aromatic nitrogens is 4. The third-order valence-electron chi connectivity index (χ3n) is 3.81. The summed E-state index contributed by atoms with van der Waals surface area (Å²) in [4.78, 5) is 34.0. The van der Waals surface area contributed by atoms with Crippen LogP contribution in [-0.4, -0.2) is 36.5 Å². The van der Waals surface area contributed by atoms with Gasteiger partial charge in [-0.3, -0.25) is 4.79 Å². The molecule has 0 aliphatic rings. The molecule has 1 aromatic carbocycles. The number of nitrogens with zero attached hydrogens (tertiary/aromatic N) is 3. The zero-order valence-electron chi connectivity index (χ0n) is 13.3. The molecule has 8 nitrogen and oxygen atoms in total. The summed E-state index contributed by atoms with van der Waals surface area (Å²) in [5.41, 5.74) is 0.582. The van der Waals surface area contributed by atoms with E-state index in [0.717, 1.165) is 5.56 Å². The first-order valence-electron chi connectivity index (χ1n) is 7.73. The number of rotatable bonds is 7. The Bertz CT molecular complexity index is 842. The van der Waals surface area contributed by atoms with Crippen molar-refractivity contribution < 1.29 is 14.7 Å². The molecule has 0 aliphatic heterocycles. The van der Waals surface area contributed by atoms with Crippen molar-refractivity contribution >= 4 is 11.9 Å². The number of amides is 1. The highest BCUT2D eigenvalue weighted by atomic mass is 16.4. The average Bonchev–Trinajstić information content (AvgIpc) is 3.30. The average molecular weight is 339 g/mol. The third-order valence-corrected chi connectivity index (χ3v) is 3.81. The lowest BCUT2D eigenvalue weighted by molar-refractivity contribution is 0.0684. The highest BCUT2D eigenvalue weighted by Gasteiger charge is 2.22. The minimum Gasteiger partial charge on any atom is -0.477 e. The van der Waals surface area contributed by atoms with Crippen LogP contribution in [0, 0.1) is 0 Å². The molecule has 3 N–H and O–H groups in total. The van der Waals surface area contributed by atoms with Crippen LogP contribution in [0.3, 0.4) is 0 Å². The van der Waals surface area contributed by atoms with Gasteiger partial charge in [0.2, 0.25) is 0 Å². The third kappa shape index (κ3) is 3.92. The number of aryl methyl sites for hydroxylation is 1. The van der Waals surface area contributed by atoms with Crippen molar-refractivity contribution in [2.24, 2.45) is 0 Å². The van der Waals surface area contributed by atoms with Gasteiger partial charge in [-0.05, 0) is 12.0 Å². The lowest BCUT2D eigenvalue weighted by atomic mass is 10.0. The molecule has 0 unspecified atom stereocenters. The van der Waals surface area contributed by atoms with Gasteiger partial charge in [0.25, 0.3) is 5.91 Å². The van der Waals surface area contributed by atoms with Gasteiger partial charge in [-0.2, -0.15) is 0 Å². The number of benzene rings is 1. The topological polar surface area (TPSA) is 113 Å². The molecule has 8 heteroatoms. The maximum Gasteiger partial charge on any atom is 0.354 e. The molecule has 25 heavy (non-hydrogen) atoms. The van der Waals surface area contributed by atoms with Gasteiger partial charge in [0.05, 0.1) is 18.7 Å². The van der Waals surface area contributed by atoms with Gasteiger partial charge < -0.3 is 20.0 Å². The molecule has 0 spiro atoms. The van der Waals surface area contributed by atoms with Crippen LogP contribution in [0.1, 0.15) is 39.0 Å². The molecule has 3 rings (SSSR count). The van der Waals surface area contributed by atoms with Crippen LogP contribution in [0.4, 0.5) is 0 Å². The van der Waals surface area contributed by atoms with Crippen LogP contribution in [-0.2, 0) is 6.54 Å². The van der Waals surface area contributed by atoms with Crippen molar-refractivity contribution in [2.45, 2.75) is 19.0 Å². The number of aromatic carboxylic acids is 1. The van der Waals surface area contributed by atoms with Crippen molar-refractivity contribution in [1.29, 1.82) is 0 Å². The first-order valence-corrected chi connectivity index (χ1v) is 7.73. The van der Waals surface area contributed by atoms with Crippen molar-refractivity contribution in [2.75, 3.05) is 0 Å². The quantitative estimate of drug-likeness (QED) is 0.608. The zero-order chi connectivity index (χ0) is 17.6. The number of hydrogen-bond donors (Lipinski definition) is 3. The molecule has 0 aliphatic carbocycles. The molecule has 1 amide bonds. The number of aromatic amines is 1. The molecular formula is C17H17N5O3. The Morgan fingerprint density at radius 2 is 2.08 bits per heavy atom. The summed E-state index contributed by atoms with van der Waals surface area (Å²) >= 11 is 0. The number of H-pyrrole nitrogens is 1. The second-order valence-electron chi connectivity index (χ2n) is 5.46. The first-order chi connectivity index (χ1) is 12.1. The predicted molar refractivity (Wildman–Crippen MR) is 89.0 cm³/mol. The highest BCUT2D eigenvalue weighted by Crippen LogP contribution is 2.18. The largest absolute Gasteiger partial charge is 0.477 e. The van der Waals surface area contributed by atoms with Crippen LogP contribution >= 0.6 is 0 Å². The van der Waals surface area contributed by atoms with Crippen molar-refractivity contribution in [1.82, 2.24) is 24.8 Å². The van der Waals surface area contributed by atoms with E-state index in [4.69, 9.17) is 5.11 Å². The van der Waals surface area contributed by atoms with Gasteiger partial charge in [-0.1, -0.05) is 30.3 Å². The minimum atomic E-state index is -1.22. The Kier molecular flexibility index (Phi) is 4.89.